The molecule has 1 atom stereocenters. The number of rotatable bonds is 5. The normalized spacial score (nSPS) is 12.7. The quantitative estimate of drug-likeness (QED) is 0.755. The monoisotopic (exact) mass is 226 g/mol. The molecule has 0 bridgehead atoms. The second kappa shape index (κ2) is 5.98. The first-order valence-electron chi connectivity index (χ1n) is 5.13. The highest BCUT2D eigenvalue weighted by atomic mass is 32.2. The van der Waals surface area contributed by atoms with Crippen LogP contribution in [0.4, 0.5) is 5.82 Å². The number of aliphatic hydroxyl groups excluding tert-OH is 1. The van der Waals surface area contributed by atoms with Crippen LogP contribution in [-0.2, 0) is 0 Å². The van der Waals surface area contributed by atoms with Gasteiger partial charge in [-0.2, -0.15) is 11.8 Å². The van der Waals surface area contributed by atoms with Crippen LogP contribution in [0.25, 0.3) is 0 Å². The average molecular weight is 226 g/mol. The molecule has 4 heteroatoms. The molecular formula is C11H18N2OS. The predicted molar refractivity (Wildman–Crippen MR) is 66.0 cm³/mol. The number of aryl methyl sites for hydroxylation is 1. The molecule has 0 aliphatic carbocycles. The molecule has 0 saturated carbocycles. The maximum absolute atomic E-state index is 9.98. The third-order valence-electron chi connectivity index (χ3n) is 2.31. The minimum atomic E-state index is -0.488. The van der Waals surface area contributed by atoms with E-state index < -0.39 is 6.10 Å². The number of aromatic nitrogens is 1. The summed E-state index contributed by atoms with van der Waals surface area (Å²) < 4.78 is 0. The van der Waals surface area contributed by atoms with E-state index in [4.69, 9.17) is 5.73 Å². The van der Waals surface area contributed by atoms with Crippen molar-refractivity contribution in [2.75, 3.05) is 17.2 Å². The third kappa shape index (κ3) is 3.39. The number of anilines is 1. The van der Waals surface area contributed by atoms with Crippen molar-refractivity contribution in [3.63, 3.8) is 0 Å². The first kappa shape index (κ1) is 12.3. The van der Waals surface area contributed by atoms with Crippen molar-refractivity contribution in [2.45, 2.75) is 26.4 Å². The Morgan fingerprint density at radius 2 is 2.33 bits per heavy atom. The Bertz CT molecular complexity index is 297. The minimum absolute atomic E-state index is 0.448. The van der Waals surface area contributed by atoms with Gasteiger partial charge in [-0.3, -0.25) is 0 Å². The molecule has 3 N–H and O–H groups in total. The van der Waals surface area contributed by atoms with Gasteiger partial charge in [0.2, 0.25) is 0 Å². The summed E-state index contributed by atoms with van der Waals surface area (Å²) in [5.41, 5.74) is 7.55. The summed E-state index contributed by atoms with van der Waals surface area (Å²) in [5, 5.41) is 9.98. The number of nitrogens with zero attached hydrogens (tertiary/aromatic N) is 1. The van der Waals surface area contributed by atoms with Crippen LogP contribution in [0.5, 0.6) is 0 Å². The summed E-state index contributed by atoms with van der Waals surface area (Å²) in [6.45, 7) is 4.06. The topological polar surface area (TPSA) is 59.1 Å². The number of hydrogen-bond acceptors (Lipinski definition) is 4. The van der Waals surface area contributed by atoms with Gasteiger partial charge in [0, 0.05) is 11.8 Å². The fourth-order valence-electron chi connectivity index (χ4n) is 1.51. The van der Waals surface area contributed by atoms with E-state index in [0.717, 1.165) is 29.1 Å². The third-order valence-corrected chi connectivity index (χ3v) is 3.24. The molecule has 1 aromatic heterocycles. The lowest BCUT2D eigenvalue weighted by molar-refractivity contribution is 0.175. The second-order valence-corrected chi connectivity index (χ2v) is 4.82. The molecule has 0 aromatic carbocycles. The van der Waals surface area contributed by atoms with Gasteiger partial charge < -0.3 is 10.8 Å². The number of nitrogens with two attached hydrogens (primary N) is 1. The van der Waals surface area contributed by atoms with Crippen molar-refractivity contribution in [2.24, 2.45) is 0 Å². The van der Waals surface area contributed by atoms with Gasteiger partial charge in [0.05, 0.1) is 6.10 Å². The average Bonchev–Trinajstić information content (AvgIpc) is 2.18. The summed E-state index contributed by atoms with van der Waals surface area (Å²) in [5.74, 6) is 2.48. The molecule has 1 heterocycles. The molecule has 0 saturated heterocycles. The largest absolute Gasteiger partial charge is 0.388 e. The number of hydrogen-bond donors (Lipinski definition) is 2. The maximum atomic E-state index is 9.98. The van der Waals surface area contributed by atoms with Crippen LogP contribution in [0, 0.1) is 6.92 Å². The Balaban J connectivity index is 2.68. The highest BCUT2D eigenvalue weighted by Crippen LogP contribution is 2.25. The summed E-state index contributed by atoms with van der Waals surface area (Å²) >= 11 is 1.82. The van der Waals surface area contributed by atoms with E-state index in [0.29, 0.717) is 5.82 Å². The van der Waals surface area contributed by atoms with E-state index in [9.17, 15) is 5.11 Å². The molecule has 0 amide bonds. The molecule has 0 spiro atoms. The number of thioether (sulfide) groups is 1. The maximum Gasteiger partial charge on any atom is 0.129 e. The zero-order chi connectivity index (χ0) is 11.3. The lowest BCUT2D eigenvalue weighted by Gasteiger charge is -2.14. The minimum Gasteiger partial charge on any atom is -0.388 e. The summed E-state index contributed by atoms with van der Waals surface area (Å²) in [6.07, 6.45) is 1.91. The summed E-state index contributed by atoms with van der Waals surface area (Å²) in [6, 6.07) is 1.88. The van der Waals surface area contributed by atoms with Crippen LogP contribution in [0.1, 0.15) is 30.6 Å². The molecule has 0 fully saturated rings. The molecule has 15 heavy (non-hydrogen) atoms. The van der Waals surface area contributed by atoms with E-state index in [1.807, 2.05) is 24.8 Å². The van der Waals surface area contributed by atoms with Crippen molar-refractivity contribution in [1.82, 2.24) is 4.98 Å². The molecule has 84 valence electrons. The molecule has 1 aromatic rings. The standard InChI is InChI=1S/C11H18N2OS/c1-3-15-7-5-9(14)10-8(2)4-6-13-11(10)12/h4,6,9,14H,3,5,7H2,1-2H3,(H2,12,13). The molecule has 3 nitrogen and oxygen atoms in total. The highest BCUT2D eigenvalue weighted by molar-refractivity contribution is 7.99. The van der Waals surface area contributed by atoms with Crippen LogP contribution in [-0.4, -0.2) is 21.6 Å². The van der Waals surface area contributed by atoms with Gasteiger partial charge in [0.25, 0.3) is 0 Å². The van der Waals surface area contributed by atoms with Gasteiger partial charge in [-0.25, -0.2) is 4.98 Å². The zero-order valence-electron chi connectivity index (χ0n) is 9.23. The van der Waals surface area contributed by atoms with Gasteiger partial charge in [0.15, 0.2) is 0 Å². The number of nitrogen functional groups attached to an aromatic ring is 1. The smallest absolute Gasteiger partial charge is 0.129 e. The fourth-order valence-corrected chi connectivity index (χ4v) is 2.19. The van der Waals surface area contributed by atoms with E-state index in [1.165, 1.54) is 0 Å². The highest BCUT2D eigenvalue weighted by Gasteiger charge is 2.13. The first-order valence-corrected chi connectivity index (χ1v) is 6.29. The van der Waals surface area contributed by atoms with Crippen molar-refractivity contribution in [1.29, 1.82) is 0 Å². The molecule has 0 aliphatic rings. The van der Waals surface area contributed by atoms with Crippen LogP contribution >= 0.6 is 11.8 Å². The summed E-state index contributed by atoms with van der Waals surface area (Å²) in [4.78, 5) is 4.00. The van der Waals surface area contributed by atoms with Crippen molar-refractivity contribution in [3.05, 3.63) is 23.4 Å². The van der Waals surface area contributed by atoms with Gasteiger partial charge >= 0.3 is 0 Å². The second-order valence-electron chi connectivity index (χ2n) is 3.43. The van der Waals surface area contributed by atoms with E-state index in [2.05, 4.69) is 11.9 Å². The van der Waals surface area contributed by atoms with Gasteiger partial charge in [-0.15, -0.1) is 0 Å². The Labute approximate surface area is 95.1 Å². The van der Waals surface area contributed by atoms with Crippen LogP contribution in [0.15, 0.2) is 12.3 Å². The van der Waals surface area contributed by atoms with E-state index in [-0.39, 0.29) is 0 Å². The van der Waals surface area contributed by atoms with Crippen LogP contribution < -0.4 is 5.73 Å². The van der Waals surface area contributed by atoms with E-state index in [1.54, 1.807) is 6.20 Å². The Morgan fingerprint density at radius 3 is 2.93 bits per heavy atom. The van der Waals surface area contributed by atoms with Gasteiger partial charge in [-0.1, -0.05) is 6.92 Å². The number of aliphatic hydroxyl groups is 1. The fraction of sp³-hybridized carbons (Fsp3) is 0.545. The molecule has 1 rings (SSSR count). The predicted octanol–water partition coefficient (Wildman–Crippen LogP) is 2.15. The lowest BCUT2D eigenvalue weighted by Crippen LogP contribution is -2.07. The Hall–Kier alpha value is -0.740. The van der Waals surface area contributed by atoms with Gasteiger partial charge in [-0.05, 0) is 36.5 Å². The SMILES string of the molecule is CCSCCC(O)c1c(C)ccnc1N. The number of pyridine rings is 1. The Morgan fingerprint density at radius 1 is 1.60 bits per heavy atom. The summed E-state index contributed by atoms with van der Waals surface area (Å²) in [7, 11) is 0. The lowest BCUT2D eigenvalue weighted by atomic mass is 10.0. The van der Waals surface area contributed by atoms with Crippen molar-refractivity contribution >= 4 is 17.6 Å². The van der Waals surface area contributed by atoms with E-state index >= 15 is 0 Å². The van der Waals surface area contributed by atoms with Crippen LogP contribution in [0.3, 0.4) is 0 Å². The molecular weight excluding hydrogens is 208 g/mol. The zero-order valence-corrected chi connectivity index (χ0v) is 10.0. The molecule has 1 unspecified atom stereocenters. The first-order chi connectivity index (χ1) is 7.16. The van der Waals surface area contributed by atoms with Gasteiger partial charge in [0.1, 0.15) is 5.82 Å². The van der Waals surface area contributed by atoms with Crippen LogP contribution in [0.2, 0.25) is 0 Å². The molecule has 0 radical (unpaired) electrons. The Kier molecular flexibility index (Phi) is 4.91. The van der Waals surface area contributed by atoms with Crippen molar-refractivity contribution in [3.8, 4) is 0 Å². The molecule has 0 aliphatic heterocycles. The van der Waals surface area contributed by atoms with Crippen molar-refractivity contribution < 1.29 is 5.11 Å².